The molecule has 1 nitrogen and oxygen atoms in total. The lowest BCUT2D eigenvalue weighted by molar-refractivity contribution is 0.625. The summed E-state index contributed by atoms with van der Waals surface area (Å²) in [7, 11) is 1.93. The first-order chi connectivity index (χ1) is 9.17. The number of hydrogen-bond donors (Lipinski definition) is 1. The number of benzene rings is 2. The second-order valence-electron chi connectivity index (χ2n) is 4.24. The topological polar surface area (TPSA) is 12.0 Å². The normalized spacial score (nSPS) is 10.7. The maximum absolute atomic E-state index is 13.2. The minimum atomic E-state index is -0.200. The van der Waals surface area contributed by atoms with E-state index in [1.807, 2.05) is 13.1 Å². The fraction of sp³-hybridized carbons (Fsp3) is 0.200. The molecule has 1 N–H and O–H groups in total. The van der Waals surface area contributed by atoms with Gasteiger partial charge in [-0.25, -0.2) is 4.39 Å². The summed E-state index contributed by atoms with van der Waals surface area (Å²) in [5, 5.41) is 3.12. The number of halogens is 2. The van der Waals surface area contributed by atoms with Gasteiger partial charge in [-0.2, -0.15) is 0 Å². The summed E-state index contributed by atoms with van der Waals surface area (Å²) in [4.78, 5) is 1.19. The van der Waals surface area contributed by atoms with Crippen molar-refractivity contribution in [1.29, 1.82) is 0 Å². The molecule has 0 amide bonds. The minimum absolute atomic E-state index is 0.200. The fourth-order valence-corrected chi connectivity index (χ4v) is 3.11. The van der Waals surface area contributed by atoms with Crippen LogP contribution in [0.4, 0.5) is 4.39 Å². The number of rotatable bonds is 5. The van der Waals surface area contributed by atoms with E-state index in [-0.39, 0.29) is 5.82 Å². The Morgan fingerprint density at radius 2 is 1.84 bits per heavy atom. The standard InChI is InChI=1S/C15H15BrFNS/c1-18-9-11-2-4-15(5-3-11)19-10-12-6-13(16)8-14(17)7-12/h2-8,18H,9-10H2,1H3. The molecule has 0 aromatic heterocycles. The van der Waals surface area contributed by atoms with E-state index >= 15 is 0 Å². The highest BCUT2D eigenvalue weighted by Gasteiger charge is 2.01. The van der Waals surface area contributed by atoms with Crippen LogP contribution in [0.1, 0.15) is 11.1 Å². The molecule has 4 heteroatoms. The highest BCUT2D eigenvalue weighted by molar-refractivity contribution is 9.10. The van der Waals surface area contributed by atoms with Gasteiger partial charge in [-0.05, 0) is 48.5 Å². The van der Waals surface area contributed by atoms with Gasteiger partial charge in [-0.3, -0.25) is 0 Å². The quantitative estimate of drug-likeness (QED) is 0.799. The van der Waals surface area contributed by atoms with Crippen LogP contribution in [0.25, 0.3) is 0 Å². The molecular formula is C15H15BrFNS. The number of hydrogen-bond acceptors (Lipinski definition) is 2. The average molecular weight is 340 g/mol. The molecule has 19 heavy (non-hydrogen) atoms. The van der Waals surface area contributed by atoms with Crippen LogP contribution in [-0.4, -0.2) is 7.05 Å². The maximum Gasteiger partial charge on any atom is 0.124 e. The maximum atomic E-state index is 13.2. The second kappa shape index (κ2) is 7.08. The van der Waals surface area contributed by atoms with Gasteiger partial charge in [0.05, 0.1) is 0 Å². The molecule has 0 aliphatic heterocycles. The van der Waals surface area contributed by atoms with E-state index in [1.54, 1.807) is 17.8 Å². The lowest BCUT2D eigenvalue weighted by atomic mass is 10.2. The van der Waals surface area contributed by atoms with Gasteiger partial charge in [0.1, 0.15) is 5.82 Å². The summed E-state index contributed by atoms with van der Waals surface area (Å²) < 4.78 is 14.0. The lowest BCUT2D eigenvalue weighted by Crippen LogP contribution is -2.04. The SMILES string of the molecule is CNCc1ccc(SCc2cc(F)cc(Br)c2)cc1. The van der Waals surface area contributed by atoms with Crippen LogP contribution in [0.15, 0.2) is 51.8 Å². The number of thioether (sulfide) groups is 1. The molecule has 0 saturated carbocycles. The summed E-state index contributed by atoms with van der Waals surface area (Å²) in [6.07, 6.45) is 0. The van der Waals surface area contributed by atoms with Crippen LogP contribution >= 0.6 is 27.7 Å². The Hall–Kier alpha value is -0.840. The van der Waals surface area contributed by atoms with Gasteiger partial charge in [0.2, 0.25) is 0 Å². The van der Waals surface area contributed by atoms with Gasteiger partial charge in [-0.1, -0.05) is 28.1 Å². The van der Waals surface area contributed by atoms with Crippen molar-refractivity contribution in [3.8, 4) is 0 Å². The Labute approximate surface area is 125 Å². The third-order valence-corrected chi connectivity index (χ3v) is 4.17. The fourth-order valence-electron chi connectivity index (χ4n) is 1.77. The van der Waals surface area contributed by atoms with Crippen molar-refractivity contribution in [2.24, 2.45) is 0 Å². The monoisotopic (exact) mass is 339 g/mol. The largest absolute Gasteiger partial charge is 0.316 e. The molecule has 0 aliphatic rings. The zero-order valence-electron chi connectivity index (χ0n) is 10.6. The van der Waals surface area contributed by atoms with Crippen molar-refractivity contribution in [1.82, 2.24) is 5.32 Å². The van der Waals surface area contributed by atoms with Crippen molar-refractivity contribution < 1.29 is 4.39 Å². The predicted molar refractivity (Wildman–Crippen MR) is 82.9 cm³/mol. The van der Waals surface area contributed by atoms with Crippen LogP contribution in [0.2, 0.25) is 0 Å². The first-order valence-electron chi connectivity index (χ1n) is 5.98. The third kappa shape index (κ3) is 4.64. The number of nitrogens with one attached hydrogen (secondary N) is 1. The average Bonchev–Trinajstić information content (AvgIpc) is 2.37. The Kier molecular flexibility index (Phi) is 5.43. The van der Waals surface area contributed by atoms with Crippen LogP contribution < -0.4 is 5.32 Å². The van der Waals surface area contributed by atoms with Crippen LogP contribution in [0.3, 0.4) is 0 Å². The van der Waals surface area contributed by atoms with Gasteiger partial charge >= 0.3 is 0 Å². The molecule has 2 aromatic carbocycles. The van der Waals surface area contributed by atoms with Crippen LogP contribution in [-0.2, 0) is 12.3 Å². The molecule has 0 radical (unpaired) electrons. The summed E-state index contributed by atoms with van der Waals surface area (Å²) >= 11 is 5.02. The van der Waals surface area contributed by atoms with Crippen molar-refractivity contribution in [2.45, 2.75) is 17.2 Å². The molecule has 100 valence electrons. The van der Waals surface area contributed by atoms with Crippen molar-refractivity contribution >= 4 is 27.7 Å². The van der Waals surface area contributed by atoms with Gasteiger partial charge in [0, 0.05) is 21.7 Å². The van der Waals surface area contributed by atoms with Gasteiger partial charge in [0.25, 0.3) is 0 Å². The van der Waals surface area contributed by atoms with E-state index in [0.717, 1.165) is 22.3 Å². The zero-order chi connectivity index (χ0) is 13.7. The summed E-state index contributed by atoms with van der Waals surface area (Å²) in [6, 6.07) is 13.4. The summed E-state index contributed by atoms with van der Waals surface area (Å²) in [6.45, 7) is 0.877. The first kappa shape index (κ1) is 14.6. The highest BCUT2D eigenvalue weighted by atomic mass is 79.9. The van der Waals surface area contributed by atoms with Crippen LogP contribution in [0, 0.1) is 5.82 Å². The van der Waals surface area contributed by atoms with E-state index in [9.17, 15) is 4.39 Å². The Morgan fingerprint density at radius 1 is 1.11 bits per heavy atom. The Bertz CT molecular complexity index is 522. The van der Waals surface area contributed by atoms with Crippen molar-refractivity contribution in [3.63, 3.8) is 0 Å². The lowest BCUT2D eigenvalue weighted by Gasteiger charge is -2.05. The zero-order valence-corrected chi connectivity index (χ0v) is 13.0. The molecule has 2 aromatic rings. The van der Waals surface area contributed by atoms with Gasteiger partial charge in [-0.15, -0.1) is 11.8 Å². The predicted octanol–water partition coefficient (Wildman–Crippen LogP) is 4.60. The van der Waals surface area contributed by atoms with E-state index in [4.69, 9.17) is 0 Å². The summed E-state index contributed by atoms with van der Waals surface area (Å²) in [5.74, 6) is 0.566. The van der Waals surface area contributed by atoms with Crippen molar-refractivity contribution in [3.05, 3.63) is 63.9 Å². The van der Waals surface area contributed by atoms with Gasteiger partial charge in [0.15, 0.2) is 0 Å². The minimum Gasteiger partial charge on any atom is -0.316 e. The molecule has 0 heterocycles. The smallest absolute Gasteiger partial charge is 0.124 e. The molecular weight excluding hydrogens is 325 g/mol. The molecule has 0 unspecified atom stereocenters. The Morgan fingerprint density at radius 3 is 2.47 bits per heavy atom. The molecule has 0 bridgehead atoms. The second-order valence-corrected chi connectivity index (χ2v) is 6.21. The third-order valence-electron chi connectivity index (χ3n) is 2.63. The van der Waals surface area contributed by atoms with E-state index in [2.05, 4.69) is 45.5 Å². The van der Waals surface area contributed by atoms with E-state index in [0.29, 0.717) is 0 Å². The Balaban J connectivity index is 1.98. The highest BCUT2D eigenvalue weighted by Crippen LogP contribution is 2.25. The molecule has 0 atom stereocenters. The molecule has 0 saturated heterocycles. The molecule has 0 fully saturated rings. The van der Waals surface area contributed by atoms with Gasteiger partial charge < -0.3 is 5.32 Å². The molecule has 2 rings (SSSR count). The van der Waals surface area contributed by atoms with E-state index in [1.165, 1.54) is 16.5 Å². The van der Waals surface area contributed by atoms with Crippen molar-refractivity contribution in [2.75, 3.05) is 7.05 Å². The summed E-state index contributed by atoms with van der Waals surface area (Å²) in [5.41, 5.74) is 2.25. The molecule has 0 spiro atoms. The first-order valence-corrected chi connectivity index (χ1v) is 7.76. The van der Waals surface area contributed by atoms with Crippen LogP contribution in [0.5, 0.6) is 0 Å². The van der Waals surface area contributed by atoms with E-state index < -0.39 is 0 Å². The molecule has 0 aliphatic carbocycles.